The first-order chi connectivity index (χ1) is 9.06. The van der Waals surface area contributed by atoms with Crippen LogP contribution in [0, 0.1) is 5.82 Å². The lowest BCUT2D eigenvalue weighted by Gasteiger charge is -2.37. The Morgan fingerprint density at radius 1 is 1.26 bits per heavy atom. The van der Waals surface area contributed by atoms with Crippen LogP contribution in [0.3, 0.4) is 0 Å². The maximum absolute atomic E-state index is 13.9. The fourth-order valence-corrected chi connectivity index (χ4v) is 4.44. The highest BCUT2D eigenvalue weighted by molar-refractivity contribution is 9.10. The van der Waals surface area contributed by atoms with E-state index >= 15 is 0 Å². The van der Waals surface area contributed by atoms with E-state index in [0.717, 1.165) is 25.7 Å². The minimum atomic E-state index is -0.445. The first-order valence-corrected chi connectivity index (χ1v) is 8.19. The van der Waals surface area contributed by atoms with Crippen LogP contribution in [0.25, 0.3) is 0 Å². The summed E-state index contributed by atoms with van der Waals surface area (Å²) in [6, 6.07) is 5.17. The maximum Gasteiger partial charge on any atom is 0.257 e. The molecule has 0 spiro atoms. The molecular weight excluding hydrogens is 377 g/mol. The highest BCUT2D eigenvalue weighted by Gasteiger charge is 2.43. The van der Waals surface area contributed by atoms with Crippen molar-refractivity contribution < 1.29 is 9.18 Å². The van der Waals surface area contributed by atoms with Gasteiger partial charge >= 0.3 is 0 Å². The monoisotopic (exact) mass is 389 g/mol. The molecule has 2 aliphatic rings. The molecule has 1 aromatic carbocycles. The summed E-state index contributed by atoms with van der Waals surface area (Å²) in [5.41, 5.74) is 0.188. The lowest BCUT2D eigenvalue weighted by atomic mass is 10.0. The number of carbonyl (C=O) groups excluding carboxylic acids is 1. The SMILES string of the molecule is O=C(c1ccc(Br)cc1F)N1C2CCC1CC(Br)C2. The van der Waals surface area contributed by atoms with Gasteiger partial charge in [0, 0.05) is 21.4 Å². The maximum atomic E-state index is 13.9. The molecule has 0 aliphatic carbocycles. The van der Waals surface area contributed by atoms with Crippen molar-refractivity contribution in [2.24, 2.45) is 0 Å². The molecule has 2 unspecified atom stereocenters. The largest absolute Gasteiger partial charge is 0.333 e. The van der Waals surface area contributed by atoms with E-state index in [0.29, 0.717) is 9.30 Å². The molecule has 5 heteroatoms. The van der Waals surface area contributed by atoms with E-state index in [4.69, 9.17) is 0 Å². The predicted octanol–water partition coefficient (Wildman–Crippen LogP) is 4.12. The lowest BCUT2D eigenvalue weighted by molar-refractivity contribution is 0.0598. The topological polar surface area (TPSA) is 20.3 Å². The van der Waals surface area contributed by atoms with Crippen LogP contribution in [0.15, 0.2) is 22.7 Å². The van der Waals surface area contributed by atoms with Crippen molar-refractivity contribution in [1.29, 1.82) is 0 Å². The zero-order chi connectivity index (χ0) is 13.6. The number of piperidine rings is 1. The summed E-state index contributed by atoms with van der Waals surface area (Å²) in [5, 5.41) is 0. The summed E-state index contributed by atoms with van der Waals surface area (Å²) in [6.07, 6.45) is 4.02. The average Bonchev–Trinajstić information content (AvgIpc) is 2.61. The molecule has 0 aromatic heterocycles. The van der Waals surface area contributed by atoms with Crippen LogP contribution < -0.4 is 0 Å². The highest BCUT2D eigenvalue weighted by atomic mass is 79.9. The number of alkyl halides is 1. The molecule has 2 heterocycles. The van der Waals surface area contributed by atoms with Crippen LogP contribution in [-0.2, 0) is 0 Å². The van der Waals surface area contributed by atoms with E-state index in [1.807, 2.05) is 4.90 Å². The molecule has 2 saturated heterocycles. The van der Waals surface area contributed by atoms with Crippen molar-refractivity contribution >= 4 is 37.8 Å². The smallest absolute Gasteiger partial charge is 0.257 e. The molecule has 2 fully saturated rings. The van der Waals surface area contributed by atoms with Gasteiger partial charge in [-0.15, -0.1) is 0 Å². The fourth-order valence-electron chi connectivity index (χ4n) is 3.24. The van der Waals surface area contributed by atoms with Crippen LogP contribution in [0.4, 0.5) is 4.39 Å². The third kappa shape index (κ3) is 2.47. The van der Waals surface area contributed by atoms with E-state index in [1.54, 1.807) is 12.1 Å². The molecule has 2 atom stereocenters. The number of hydrogen-bond acceptors (Lipinski definition) is 1. The van der Waals surface area contributed by atoms with Gasteiger partial charge in [0.1, 0.15) is 5.82 Å². The minimum absolute atomic E-state index is 0.156. The van der Waals surface area contributed by atoms with Crippen molar-refractivity contribution in [2.45, 2.75) is 42.6 Å². The quantitative estimate of drug-likeness (QED) is 0.660. The lowest BCUT2D eigenvalue weighted by Crippen LogP contribution is -2.47. The Labute approximate surface area is 128 Å². The Kier molecular flexibility index (Phi) is 3.69. The standard InChI is InChI=1S/C14H14Br2FNO/c15-8-1-4-12(13(17)7-8)14(19)18-10-2-3-11(18)6-9(16)5-10/h1,4,7,9-11H,2-3,5-6H2. The predicted molar refractivity (Wildman–Crippen MR) is 79.0 cm³/mol. The average molecular weight is 391 g/mol. The van der Waals surface area contributed by atoms with Crippen molar-refractivity contribution in [3.8, 4) is 0 Å². The Hall–Kier alpha value is -0.420. The summed E-state index contributed by atoms with van der Waals surface area (Å²) < 4.78 is 14.6. The van der Waals surface area contributed by atoms with Crippen molar-refractivity contribution in [1.82, 2.24) is 4.90 Å². The second kappa shape index (κ2) is 5.17. The van der Waals surface area contributed by atoms with Crippen molar-refractivity contribution in [3.63, 3.8) is 0 Å². The van der Waals surface area contributed by atoms with Gasteiger partial charge in [-0.1, -0.05) is 31.9 Å². The molecule has 0 N–H and O–H groups in total. The van der Waals surface area contributed by atoms with Crippen LogP contribution in [0.2, 0.25) is 0 Å². The van der Waals surface area contributed by atoms with Gasteiger partial charge in [0.15, 0.2) is 0 Å². The van der Waals surface area contributed by atoms with Gasteiger partial charge in [-0.3, -0.25) is 4.79 Å². The van der Waals surface area contributed by atoms with E-state index in [1.165, 1.54) is 6.07 Å². The molecule has 2 bridgehead atoms. The van der Waals surface area contributed by atoms with Gasteiger partial charge in [-0.05, 0) is 43.9 Å². The van der Waals surface area contributed by atoms with Gasteiger partial charge < -0.3 is 4.90 Å². The van der Waals surface area contributed by atoms with Crippen LogP contribution >= 0.6 is 31.9 Å². The molecule has 3 rings (SSSR count). The number of benzene rings is 1. The van der Waals surface area contributed by atoms with E-state index < -0.39 is 5.82 Å². The second-order valence-electron chi connectivity index (χ2n) is 5.29. The molecule has 2 nitrogen and oxygen atoms in total. The van der Waals surface area contributed by atoms with E-state index in [2.05, 4.69) is 31.9 Å². The zero-order valence-corrected chi connectivity index (χ0v) is 13.5. The number of halogens is 3. The molecule has 0 radical (unpaired) electrons. The number of carbonyl (C=O) groups is 1. The highest BCUT2D eigenvalue weighted by Crippen LogP contribution is 2.39. The van der Waals surface area contributed by atoms with Gasteiger partial charge in [0.05, 0.1) is 5.56 Å². The third-order valence-electron chi connectivity index (χ3n) is 4.07. The minimum Gasteiger partial charge on any atom is -0.333 e. The summed E-state index contributed by atoms with van der Waals surface area (Å²) in [7, 11) is 0. The molecular formula is C14H14Br2FNO. The van der Waals surface area contributed by atoms with Crippen LogP contribution in [-0.4, -0.2) is 27.7 Å². The number of rotatable bonds is 1. The van der Waals surface area contributed by atoms with Gasteiger partial charge in [-0.25, -0.2) is 4.39 Å². The zero-order valence-electron chi connectivity index (χ0n) is 10.3. The Morgan fingerprint density at radius 2 is 1.89 bits per heavy atom. The Balaban J connectivity index is 1.88. The molecule has 0 saturated carbocycles. The summed E-state index contributed by atoms with van der Waals surface area (Å²) in [6.45, 7) is 0. The number of hydrogen-bond donors (Lipinski definition) is 0. The third-order valence-corrected chi connectivity index (χ3v) is 5.31. The second-order valence-corrected chi connectivity index (χ2v) is 7.50. The summed E-state index contributed by atoms with van der Waals surface area (Å²) >= 11 is 6.86. The van der Waals surface area contributed by atoms with E-state index in [-0.39, 0.29) is 23.6 Å². The number of amides is 1. The summed E-state index contributed by atoms with van der Waals surface area (Å²) in [4.78, 5) is 15.0. The van der Waals surface area contributed by atoms with Crippen molar-refractivity contribution in [2.75, 3.05) is 0 Å². The normalized spacial score (nSPS) is 29.6. The van der Waals surface area contributed by atoms with Crippen molar-refractivity contribution in [3.05, 3.63) is 34.1 Å². The molecule has 1 aromatic rings. The molecule has 19 heavy (non-hydrogen) atoms. The van der Waals surface area contributed by atoms with E-state index in [9.17, 15) is 9.18 Å². The Bertz CT molecular complexity index is 508. The van der Waals surface area contributed by atoms with Gasteiger partial charge in [-0.2, -0.15) is 0 Å². The van der Waals surface area contributed by atoms with Crippen LogP contribution in [0.1, 0.15) is 36.0 Å². The number of nitrogens with zero attached hydrogens (tertiary/aromatic N) is 1. The first kappa shape index (κ1) is 13.6. The first-order valence-electron chi connectivity index (χ1n) is 6.48. The molecule has 2 aliphatic heterocycles. The fraction of sp³-hybridized carbons (Fsp3) is 0.500. The Morgan fingerprint density at radius 3 is 2.47 bits per heavy atom. The van der Waals surface area contributed by atoms with Gasteiger partial charge in [0.2, 0.25) is 0 Å². The number of fused-ring (bicyclic) bond motifs is 2. The molecule has 1 amide bonds. The summed E-state index contributed by atoms with van der Waals surface area (Å²) in [5.74, 6) is -0.600. The molecule has 102 valence electrons. The van der Waals surface area contributed by atoms with Gasteiger partial charge in [0.25, 0.3) is 5.91 Å². The van der Waals surface area contributed by atoms with Crippen LogP contribution in [0.5, 0.6) is 0 Å².